The Morgan fingerprint density at radius 2 is 2.05 bits per heavy atom. The molecule has 1 N–H and O–H groups in total. The lowest BCUT2D eigenvalue weighted by atomic mass is 10.3. The topological polar surface area (TPSA) is 81.7 Å². The first-order valence-corrected chi connectivity index (χ1v) is 7.31. The molecule has 0 atom stereocenters. The molecule has 0 radical (unpaired) electrons. The van der Waals surface area contributed by atoms with Crippen molar-refractivity contribution in [1.82, 2.24) is 4.89 Å². The van der Waals surface area contributed by atoms with Crippen molar-refractivity contribution < 1.29 is 36.0 Å². The second-order valence-corrected chi connectivity index (χ2v) is 6.02. The van der Waals surface area contributed by atoms with Crippen LogP contribution in [0, 0.1) is 6.92 Å². The molecule has 20 heavy (non-hydrogen) atoms. The van der Waals surface area contributed by atoms with Crippen molar-refractivity contribution in [2.45, 2.75) is 18.0 Å². The highest BCUT2D eigenvalue weighted by Crippen LogP contribution is 2.27. The molecule has 0 saturated carbocycles. The predicted octanol–water partition coefficient (Wildman–Crippen LogP) is 1.62. The fraction of sp³-hybridized carbons (Fsp3) is 0.444. The summed E-state index contributed by atoms with van der Waals surface area (Å²) < 4.78 is 63.7. The molecule has 1 aromatic rings. The minimum absolute atomic E-state index is 0.193. The van der Waals surface area contributed by atoms with Gasteiger partial charge < -0.3 is 4.74 Å². The van der Waals surface area contributed by atoms with E-state index in [1.54, 1.807) is 0 Å². The Bertz CT molecular complexity index is 593. The first-order chi connectivity index (χ1) is 9.08. The zero-order valence-corrected chi connectivity index (χ0v) is 11.9. The normalized spacial score (nSPS) is 12.4. The Morgan fingerprint density at radius 1 is 1.45 bits per heavy atom. The van der Waals surface area contributed by atoms with E-state index < -0.39 is 33.7 Å². The summed E-state index contributed by atoms with van der Waals surface area (Å²) in [6.45, 7) is -0.399. The Labute approximate surface area is 116 Å². The van der Waals surface area contributed by atoms with Crippen molar-refractivity contribution in [3.8, 4) is 0 Å². The second kappa shape index (κ2) is 6.08. The summed E-state index contributed by atoms with van der Waals surface area (Å²) >= 11 is 0.803. The molecule has 0 fully saturated rings. The third-order valence-corrected chi connectivity index (χ3v) is 4.57. The van der Waals surface area contributed by atoms with E-state index >= 15 is 0 Å². The molecular formula is C9H10F3NO5S2. The number of thiophene rings is 1. The first-order valence-electron chi connectivity index (χ1n) is 4.95. The summed E-state index contributed by atoms with van der Waals surface area (Å²) in [5.74, 6) is -0.903. The smallest absolute Gasteiger partial charge is 0.413 e. The van der Waals surface area contributed by atoms with Crippen LogP contribution in [0.1, 0.15) is 15.2 Å². The van der Waals surface area contributed by atoms with Crippen molar-refractivity contribution in [2.24, 2.45) is 0 Å². The molecule has 1 heterocycles. The number of carbonyl (C=O) groups is 1. The van der Waals surface area contributed by atoms with Gasteiger partial charge >= 0.3 is 12.1 Å². The van der Waals surface area contributed by atoms with E-state index in [9.17, 15) is 26.4 Å². The van der Waals surface area contributed by atoms with Crippen LogP contribution in [0.5, 0.6) is 0 Å². The van der Waals surface area contributed by atoms with Crippen LogP contribution in [0.15, 0.2) is 10.3 Å². The SMILES string of the molecule is COC(=O)c1scc(C)c1S(=O)(=O)NOCC(F)(F)F. The molecular weight excluding hydrogens is 323 g/mol. The van der Waals surface area contributed by atoms with Gasteiger partial charge in [-0.25, -0.2) is 13.2 Å². The lowest BCUT2D eigenvalue weighted by Crippen LogP contribution is -2.30. The van der Waals surface area contributed by atoms with Crippen LogP contribution in [0.4, 0.5) is 13.2 Å². The van der Waals surface area contributed by atoms with Gasteiger partial charge in [-0.1, -0.05) is 4.89 Å². The van der Waals surface area contributed by atoms with Gasteiger partial charge in [0.2, 0.25) is 0 Å². The summed E-state index contributed by atoms with van der Waals surface area (Å²) in [5, 5.41) is 1.37. The quantitative estimate of drug-likeness (QED) is 0.654. The van der Waals surface area contributed by atoms with E-state index in [4.69, 9.17) is 0 Å². The van der Waals surface area contributed by atoms with E-state index in [0.717, 1.165) is 18.4 Å². The largest absolute Gasteiger partial charge is 0.465 e. The third-order valence-electron chi connectivity index (χ3n) is 1.96. The van der Waals surface area contributed by atoms with Gasteiger partial charge in [-0.05, 0) is 17.9 Å². The summed E-state index contributed by atoms with van der Waals surface area (Å²) in [5.41, 5.74) is 0.193. The van der Waals surface area contributed by atoms with Crippen LogP contribution < -0.4 is 4.89 Å². The maximum Gasteiger partial charge on any atom is 0.413 e. The Kier molecular flexibility index (Phi) is 5.13. The van der Waals surface area contributed by atoms with Gasteiger partial charge in [-0.15, -0.1) is 11.3 Å². The maximum atomic E-state index is 11.9. The highest BCUT2D eigenvalue weighted by atomic mass is 32.2. The second-order valence-electron chi connectivity index (χ2n) is 3.56. The zero-order valence-electron chi connectivity index (χ0n) is 10.3. The average Bonchev–Trinajstić information content (AvgIpc) is 2.68. The number of carbonyl (C=O) groups excluding carboxylic acids is 1. The van der Waals surface area contributed by atoms with Gasteiger partial charge in [0.05, 0.1) is 7.11 Å². The average molecular weight is 333 g/mol. The van der Waals surface area contributed by atoms with Crippen molar-refractivity contribution in [3.05, 3.63) is 15.8 Å². The molecule has 11 heteroatoms. The fourth-order valence-electron chi connectivity index (χ4n) is 1.23. The van der Waals surface area contributed by atoms with E-state index in [2.05, 4.69) is 9.57 Å². The molecule has 0 bridgehead atoms. The van der Waals surface area contributed by atoms with Gasteiger partial charge in [-0.3, -0.25) is 4.84 Å². The third kappa shape index (κ3) is 4.16. The van der Waals surface area contributed by atoms with Crippen molar-refractivity contribution in [3.63, 3.8) is 0 Å². The number of hydrogen-bond donors (Lipinski definition) is 1. The molecule has 0 aliphatic rings. The summed E-state index contributed by atoms with van der Waals surface area (Å²) in [6.07, 6.45) is -4.68. The van der Waals surface area contributed by atoms with Crippen LogP contribution in [0.25, 0.3) is 0 Å². The monoisotopic (exact) mass is 333 g/mol. The lowest BCUT2D eigenvalue weighted by molar-refractivity contribution is -0.181. The number of ether oxygens (including phenoxy) is 1. The number of rotatable bonds is 5. The number of nitrogens with one attached hydrogen (secondary N) is 1. The minimum Gasteiger partial charge on any atom is -0.465 e. The van der Waals surface area contributed by atoms with Crippen LogP contribution in [0.2, 0.25) is 0 Å². The van der Waals surface area contributed by atoms with E-state index in [1.165, 1.54) is 17.2 Å². The Balaban J connectivity index is 2.98. The van der Waals surface area contributed by atoms with E-state index in [-0.39, 0.29) is 10.4 Å². The highest BCUT2D eigenvalue weighted by molar-refractivity contribution is 7.89. The predicted molar refractivity (Wildman–Crippen MR) is 62.7 cm³/mol. The van der Waals surface area contributed by atoms with E-state index in [0.29, 0.717) is 0 Å². The van der Waals surface area contributed by atoms with Gasteiger partial charge in [0.15, 0.2) is 6.61 Å². The summed E-state index contributed by atoms with van der Waals surface area (Å²) in [6, 6.07) is 0. The molecule has 0 amide bonds. The Hall–Kier alpha value is -1.17. The van der Waals surface area contributed by atoms with Crippen LogP contribution >= 0.6 is 11.3 Å². The molecule has 0 saturated heterocycles. The minimum atomic E-state index is -4.68. The van der Waals surface area contributed by atoms with Crippen LogP contribution in [-0.2, 0) is 19.6 Å². The van der Waals surface area contributed by atoms with Crippen LogP contribution in [-0.4, -0.2) is 34.3 Å². The molecule has 0 aliphatic carbocycles. The zero-order chi connectivity index (χ0) is 15.6. The fourth-order valence-corrected chi connectivity index (χ4v) is 3.75. The number of sulfonamides is 1. The van der Waals surface area contributed by atoms with Gasteiger partial charge in [0.25, 0.3) is 10.0 Å². The molecule has 1 aromatic heterocycles. The number of methoxy groups -OCH3 is 1. The molecule has 6 nitrogen and oxygen atoms in total. The van der Waals surface area contributed by atoms with E-state index in [1.807, 2.05) is 0 Å². The molecule has 1 rings (SSSR count). The molecule has 0 unspecified atom stereocenters. The summed E-state index contributed by atoms with van der Waals surface area (Å²) in [4.78, 5) is 15.9. The van der Waals surface area contributed by atoms with Crippen molar-refractivity contribution in [2.75, 3.05) is 13.7 Å². The molecule has 0 aromatic carbocycles. The number of aryl methyl sites for hydroxylation is 1. The van der Waals surface area contributed by atoms with Gasteiger partial charge in [0.1, 0.15) is 9.77 Å². The van der Waals surface area contributed by atoms with Crippen molar-refractivity contribution >= 4 is 27.3 Å². The number of halogens is 3. The van der Waals surface area contributed by atoms with Crippen LogP contribution in [0.3, 0.4) is 0 Å². The number of alkyl halides is 3. The highest BCUT2D eigenvalue weighted by Gasteiger charge is 2.31. The first kappa shape index (κ1) is 16.9. The molecule has 114 valence electrons. The number of esters is 1. The number of hydrogen-bond acceptors (Lipinski definition) is 6. The Morgan fingerprint density at radius 3 is 2.55 bits per heavy atom. The maximum absolute atomic E-state index is 11.9. The van der Waals surface area contributed by atoms with Gasteiger partial charge in [0, 0.05) is 0 Å². The van der Waals surface area contributed by atoms with Crippen molar-refractivity contribution in [1.29, 1.82) is 0 Å². The molecule has 0 spiro atoms. The standard InChI is InChI=1S/C9H10F3NO5S2/c1-5-3-19-6(8(14)17-2)7(5)20(15,16)13-18-4-9(10,11)12/h3,13H,4H2,1-2H3. The summed E-state index contributed by atoms with van der Waals surface area (Å²) in [7, 11) is -3.36. The van der Waals surface area contributed by atoms with Gasteiger partial charge in [-0.2, -0.15) is 13.2 Å². The molecule has 0 aliphatic heterocycles. The lowest BCUT2D eigenvalue weighted by Gasteiger charge is -2.10.